The molecular weight excluding hydrogens is 394 g/mol. The topological polar surface area (TPSA) is 93.4 Å². The van der Waals surface area contributed by atoms with Crippen LogP contribution in [0.2, 0.25) is 0 Å². The maximum atomic E-state index is 13.0. The molecule has 1 spiro atoms. The largest absolute Gasteiger partial charge is 0.420 e. The van der Waals surface area contributed by atoms with Gasteiger partial charge in [-0.3, -0.25) is 4.98 Å². The van der Waals surface area contributed by atoms with Crippen molar-refractivity contribution in [1.82, 2.24) is 25.4 Å². The van der Waals surface area contributed by atoms with Gasteiger partial charge in [0.15, 0.2) is 0 Å². The molecule has 0 bridgehead atoms. The fourth-order valence-corrected chi connectivity index (χ4v) is 4.62. The molecule has 3 aromatic rings. The Hall–Kier alpha value is -3.26. The fraction of sp³-hybridized carbons (Fsp3) is 0.391. The minimum Gasteiger partial charge on any atom is -0.420 e. The number of rotatable bonds is 4. The zero-order valence-electron chi connectivity index (χ0n) is 17.2. The Morgan fingerprint density at radius 3 is 2.65 bits per heavy atom. The summed E-state index contributed by atoms with van der Waals surface area (Å²) >= 11 is 0. The van der Waals surface area contributed by atoms with E-state index in [0.717, 1.165) is 24.0 Å². The van der Waals surface area contributed by atoms with Crippen LogP contribution < -0.4 is 5.32 Å². The average molecular weight is 419 g/mol. The van der Waals surface area contributed by atoms with Crippen molar-refractivity contribution in [1.29, 1.82) is 0 Å². The van der Waals surface area contributed by atoms with E-state index < -0.39 is 0 Å². The summed E-state index contributed by atoms with van der Waals surface area (Å²) in [6.07, 6.45) is 5.14. The third kappa shape index (κ3) is 4.03. The van der Waals surface area contributed by atoms with E-state index in [-0.39, 0.29) is 17.4 Å². The summed E-state index contributed by atoms with van der Waals surface area (Å²) in [4.78, 5) is 18.9. The third-order valence-corrected chi connectivity index (χ3v) is 6.38. The van der Waals surface area contributed by atoms with Crippen molar-refractivity contribution < 1.29 is 13.9 Å². The van der Waals surface area contributed by atoms with E-state index >= 15 is 0 Å². The molecule has 2 aliphatic rings. The molecule has 8 heteroatoms. The third-order valence-electron chi connectivity index (χ3n) is 6.38. The predicted molar refractivity (Wildman–Crippen MR) is 113 cm³/mol. The minimum atomic E-state index is -0.107. The van der Waals surface area contributed by atoms with Crippen LogP contribution in [0.15, 0.2) is 59.3 Å². The number of nitrogens with zero attached hydrogens (tertiary/aromatic N) is 4. The van der Waals surface area contributed by atoms with E-state index in [1.165, 1.54) is 0 Å². The summed E-state index contributed by atoms with van der Waals surface area (Å²) in [7, 11) is 0. The number of carbonyl (C=O) groups is 1. The number of benzene rings is 1. The van der Waals surface area contributed by atoms with Crippen molar-refractivity contribution in [2.45, 2.75) is 25.3 Å². The van der Waals surface area contributed by atoms with Crippen molar-refractivity contribution in [2.75, 3.05) is 26.3 Å². The predicted octanol–water partition coefficient (Wildman–Crippen LogP) is 3.24. The first kappa shape index (κ1) is 19.7. The first-order valence-corrected chi connectivity index (χ1v) is 10.6. The monoisotopic (exact) mass is 419 g/mol. The van der Waals surface area contributed by atoms with Gasteiger partial charge < -0.3 is 19.4 Å². The summed E-state index contributed by atoms with van der Waals surface area (Å²) in [6.45, 7) is 3.08. The molecular formula is C23H25N5O3. The van der Waals surface area contributed by atoms with E-state index in [1.54, 1.807) is 12.4 Å². The number of hydrogen-bond acceptors (Lipinski definition) is 6. The number of amides is 2. The molecule has 31 heavy (non-hydrogen) atoms. The molecule has 8 nitrogen and oxygen atoms in total. The Bertz CT molecular complexity index is 1020. The lowest BCUT2D eigenvalue weighted by Gasteiger charge is -2.36. The number of hydrogen-bond donors (Lipinski definition) is 1. The van der Waals surface area contributed by atoms with Crippen LogP contribution in [0.5, 0.6) is 0 Å². The summed E-state index contributed by atoms with van der Waals surface area (Å²) in [5.41, 5.74) is 1.81. The van der Waals surface area contributed by atoms with Crippen molar-refractivity contribution >= 4 is 6.03 Å². The molecule has 160 valence electrons. The van der Waals surface area contributed by atoms with Gasteiger partial charge >= 0.3 is 6.03 Å². The second-order valence-corrected chi connectivity index (χ2v) is 8.23. The molecule has 1 unspecified atom stereocenters. The van der Waals surface area contributed by atoms with Crippen LogP contribution in [0, 0.1) is 5.41 Å². The molecule has 2 amide bonds. The van der Waals surface area contributed by atoms with E-state index in [4.69, 9.17) is 9.15 Å². The number of urea groups is 1. The number of carbonyl (C=O) groups excluding carboxylic acids is 1. The molecule has 2 aromatic heterocycles. The van der Waals surface area contributed by atoms with Crippen molar-refractivity contribution in [3.63, 3.8) is 0 Å². The van der Waals surface area contributed by atoms with Gasteiger partial charge in [0.25, 0.3) is 0 Å². The standard InChI is InChI=1S/C23H25N5O3/c29-22(25-14-17-4-2-1-3-5-17)28-15-19(23(16-28)8-12-30-13-9-23)21-27-26-20(31-21)18-6-10-24-11-7-18/h1-7,10-11,19H,8-9,12-16H2,(H,25,29). The smallest absolute Gasteiger partial charge is 0.317 e. The van der Waals surface area contributed by atoms with Crippen LogP contribution in [0.1, 0.15) is 30.2 Å². The molecule has 0 radical (unpaired) electrons. The summed E-state index contributed by atoms with van der Waals surface area (Å²) < 4.78 is 11.7. The summed E-state index contributed by atoms with van der Waals surface area (Å²) in [5.74, 6) is 1.06. The van der Waals surface area contributed by atoms with E-state index in [1.807, 2.05) is 47.4 Å². The van der Waals surface area contributed by atoms with Crippen molar-refractivity contribution in [3.05, 3.63) is 66.3 Å². The molecule has 0 saturated carbocycles. The number of likely N-dealkylation sites (tertiary alicyclic amines) is 1. The molecule has 2 saturated heterocycles. The zero-order valence-corrected chi connectivity index (χ0v) is 17.2. The van der Waals surface area contributed by atoms with E-state index in [0.29, 0.717) is 44.6 Å². The molecule has 4 heterocycles. The van der Waals surface area contributed by atoms with Gasteiger partial charge in [0.05, 0.1) is 5.92 Å². The lowest BCUT2D eigenvalue weighted by molar-refractivity contribution is 0.0102. The number of nitrogens with one attached hydrogen (secondary N) is 1. The lowest BCUT2D eigenvalue weighted by atomic mass is 9.72. The fourth-order valence-electron chi connectivity index (χ4n) is 4.62. The van der Waals surface area contributed by atoms with Crippen molar-refractivity contribution in [3.8, 4) is 11.5 Å². The van der Waals surface area contributed by atoms with Crippen LogP contribution in [0.3, 0.4) is 0 Å². The Morgan fingerprint density at radius 2 is 1.87 bits per heavy atom. The van der Waals surface area contributed by atoms with Gasteiger partial charge in [0, 0.05) is 56.2 Å². The summed E-state index contributed by atoms with van der Waals surface area (Å²) in [5, 5.41) is 11.7. The second-order valence-electron chi connectivity index (χ2n) is 8.23. The Morgan fingerprint density at radius 1 is 1.10 bits per heavy atom. The van der Waals surface area contributed by atoms with Crippen LogP contribution in [0.4, 0.5) is 4.79 Å². The lowest BCUT2D eigenvalue weighted by Crippen LogP contribution is -2.41. The highest BCUT2D eigenvalue weighted by Gasteiger charge is 2.51. The first-order chi connectivity index (χ1) is 15.2. The van der Waals surface area contributed by atoms with Gasteiger partial charge in [-0.05, 0) is 30.5 Å². The maximum absolute atomic E-state index is 13.0. The van der Waals surface area contributed by atoms with E-state index in [9.17, 15) is 4.79 Å². The van der Waals surface area contributed by atoms with Crippen LogP contribution in [0.25, 0.3) is 11.5 Å². The highest BCUT2D eigenvalue weighted by molar-refractivity contribution is 5.74. The SMILES string of the molecule is O=C(NCc1ccccc1)N1CC(c2nnc(-c3ccncc3)o2)C2(CCOCC2)C1. The Balaban J connectivity index is 1.35. The molecule has 0 aliphatic carbocycles. The van der Waals surface area contributed by atoms with Gasteiger partial charge in [0.2, 0.25) is 11.8 Å². The molecule has 1 N–H and O–H groups in total. The highest BCUT2D eigenvalue weighted by Crippen LogP contribution is 2.49. The molecule has 1 aromatic carbocycles. The molecule has 2 aliphatic heterocycles. The minimum absolute atomic E-state index is 0.0121. The first-order valence-electron chi connectivity index (χ1n) is 10.6. The normalized spacial score (nSPS) is 20.1. The molecule has 1 atom stereocenters. The van der Waals surface area contributed by atoms with E-state index in [2.05, 4.69) is 20.5 Å². The van der Waals surface area contributed by atoms with Gasteiger partial charge in [-0.15, -0.1) is 10.2 Å². The van der Waals surface area contributed by atoms with Gasteiger partial charge in [-0.25, -0.2) is 4.79 Å². The zero-order chi connectivity index (χ0) is 21.1. The van der Waals surface area contributed by atoms with Gasteiger partial charge in [0.1, 0.15) is 0 Å². The van der Waals surface area contributed by atoms with Crippen LogP contribution in [-0.2, 0) is 11.3 Å². The number of aromatic nitrogens is 3. The number of pyridine rings is 1. The van der Waals surface area contributed by atoms with Crippen LogP contribution >= 0.6 is 0 Å². The number of ether oxygens (including phenoxy) is 1. The quantitative estimate of drug-likeness (QED) is 0.698. The van der Waals surface area contributed by atoms with Crippen molar-refractivity contribution in [2.24, 2.45) is 5.41 Å². The average Bonchev–Trinajstić information content (AvgIpc) is 3.45. The summed E-state index contributed by atoms with van der Waals surface area (Å²) in [6, 6.07) is 13.6. The molecule has 5 rings (SSSR count). The second kappa shape index (κ2) is 8.47. The maximum Gasteiger partial charge on any atom is 0.317 e. The van der Waals surface area contributed by atoms with Crippen LogP contribution in [-0.4, -0.2) is 52.4 Å². The Kier molecular flexibility index (Phi) is 5.38. The molecule has 2 fully saturated rings. The van der Waals surface area contributed by atoms with Gasteiger partial charge in [-0.2, -0.15) is 0 Å². The highest BCUT2D eigenvalue weighted by atomic mass is 16.5. The van der Waals surface area contributed by atoms with Gasteiger partial charge in [-0.1, -0.05) is 30.3 Å². The Labute approximate surface area is 180 Å².